The lowest BCUT2D eigenvalue weighted by atomic mass is 10.1. The molecule has 0 spiro atoms. The van der Waals surface area contributed by atoms with Gasteiger partial charge in [0.1, 0.15) is 6.61 Å². The molecule has 0 atom stereocenters. The summed E-state index contributed by atoms with van der Waals surface area (Å²) in [5, 5.41) is 0. The zero-order chi connectivity index (χ0) is 22.1. The van der Waals surface area contributed by atoms with E-state index >= 15 is 0 Å². The minimum absolute atomic E-state index is 0.0333. The van der Waals surface area contributed by atoms with Crippen LogP contribution in [0.4, 0.5) is 13.2 Å². The van der Waals surface area contributed by atoms with Crippen molar-refractivity contribution in [1.82, 2.24) is 14.7 Å². The van der Waals surface area contributed by atoms with Crippen molar-refractivity contribution in [1.29, 1.82) is 0 Å². The zero-order valence-corrected chi connectivity index (χ0v) is 18.2. The van der Waals surface area contributed by atoms with E-state index in [9.17, 15) is 18.0 Å². The predicted molar refractivity (Wildman–Crippen MR) is 111 cm³/mol. The summed E-state index contributed by atoms with van der Waals surface area (Å²) in [5.74, 6) is 0.0333. The lowest BCUT2D eigenvalue weighted by Crippen LogP contribution is -2.49. The molecule has 2 rings (SSSR count). The van der Waals surface area contributed by atoms with Gasteiger partial charge in [-0.3, -0.25) is 14.6 Å². The normalized spacial score (nSPS) is 15.9. The number of benzene rings is 1. The molecular weight excluding hydrogens is 395 g/mol. The second-order valence-corrected chi connectivity index (χ2v) is 8.01. The second-order valence-electron chi connectivity index (χ2n) is 8.01. The van der Waals surface area contributed by atoms with Gasteiger partial charge in [0.05, 0.1) is 0 Å². The highest BCUT2D eigenvalue weighted by Crippen LogP contribution is 2.15. The average molecular weight is 430 g/mol. The summed E-state index contributed by atoms with van der Waals surface area (Å²) in [5.41, 5.74) is 1.89. The van der Waals surface area contributed by atoms with Crippen molar-refractivity contribution in [3.63, 3.8) is 0 Å². The Morgan fingerprint density at radius 2 is 1.77 bits per heavy atom. The molecule has 1 heterocycles. The Morgan fingerprint density at radius 1 is 1.13 bits per heavy atom. The molecule has 30 heavy (non-hydrogen) atoms. The van der Waals surface area contributed by atoms with Crippen LogP contribution in [0.1, 0.15) is 43.1 Å². The van der Waals surface area contributed by atoms with Crippen LogP contribution in [0.25, 0.3) is 0 Å². The smallest absolute Gasteiger partial charge is 0.372 e. The van der Waals surface area contributed by atoms with E-state index in [0.717, 1.165) is 26.2 Å². The lowest BCUT2D eigenvalue weighted by molar-refractivity contribution is -0.174. The van der Waals surface area contributed by atoms with Crippen LogP contribution < -0.4 is 0 Å². The number of carbonyl (C=O) groups excluding carboxylic acids is 1. The van der Waals surface area contributed by atoms with Crippen molar-refractivity contribution < 1.29 is 22.7 Å². The molecule has 0 radical (unpaired) electrons. The first-order valence-corrected chi connectivity index (χ1v) is 10.7. The first-order valence-electron chi connectivity index (χ1n) is 10.7. The summed E-state index contributed by atoms with van der Waals surface area (Å²) in [6, 6.07) is 8.32. The van der Waals surface area contributed by atoms with Gasteiger partial charge < -0.3 is 9.64 Å². The summed E-state index contributed by atoms with van der Waals surface area (Å²) in [7, 11) is 0. The molecular formula is C22H34F3N3O2. The van der Waals surface area contributed by atoms with Gasteiger partial charge >= 0.3 is 6.18 Å². The molecule has 0 saturated carbocycles. The first kappa shape index (κ1) is 24.6. The van der Waals surface area contributed by atoms with Crippen molar-refractivity contribution in [2.75, 3.05) is 52.5 Å². The highest BCUT2D eigenvalue weighted by atomic mass is 19.4. The van der Waals surface area contributed by atoms with E-state index in [-0.39, 0.29) is 12.5 Å². The number of nitrogens with zero attached hydrogens (tertiary/aromatic N) is 3. The summed E-state index contributed by atoms with van der Waals surface area (Å²) >= 11 is 0. The minimum Gasteiger partial charge on any atom is -0.372 e. The van der Waals surface area contributed by atoms with Crippen LogP contribution in [0.15, 0.2) is 24.3 Å². The number of rotatable bonds is 10. The minimum atomic E-state index is -4.27. The van der Waals surface area contributed by atoms with Gasteiger partial charge in [-0.2, -0.15) is 13.2 Å². The van der Waals surface area contributed by atoms with Gasteiger partial charge in [0.2, 0.25) is 0 Å². The number of ether oxygens (including phenoxy) is 1. The standard InChI is InChI=1S/C22H34F3N3O2/c1-4-27(18(2)3)16-19-6-8-20(9-7-19)21(29)28-13-11-26(12-14-28)10-5-15-30-17-22(23,24)25/h6-9,18H,4-5,10-17H2,1-3H3. The molecule has 8 heteroatoms. The van der Waals surface area contributed by atoms with E-state index in [1.54, 1.807) is 0 Å². The van der Waals surface area contributed by atoms with E-state index in [2.05, 4.69) is 35.3 Å². The Morgan fingerprint density at radius 3 is 2.30 bits per heavy atom. The van der Waals surface area contributed by atoms with Crippen LogP contribution in [0.3, 0.4) is 0 Å². The summed E-state index contributed by atoms with van der Waals surface area (Å²) in [6.45, 7) is 10.6. The van der Waals surface area contributed by atoms with Crippen LogP contribution in [-0.4, -0.2) is 85.3 Å². The molecule has 1 aromatic rings. The molecule has 1 saturated heterocycles. The number of amides is 1. The van der Waals surface area contributed by atoms with Crippen molar-refractivity contribution in [3.8, 4) is 0 Å². The third kappa shape index (κ3) is 8.24. The number of hydrogen-bond acceptors (Lipinski definition) is 4. The fraction of sp³-hybridized carbons (Fsp3) is 0.682. The Bertz CT molecular complexity index is 642. The third-order valence-corrected chi connectivity index (χ3v) is 5.41. The van der Waals surface area contributed by atoms with Gasteiger partial charge in [-0.1, -0.05) is 19.1 Å². The van der Waals surface area contributed by atoms with Gasteiger partial charge in [-0.05, 0) is 44.5 Å². The molecule has 0 aliphatic carbocycles. The highest BCUT2D eigenvalue weighted by molar-refractivity contribution is 5.94. The van der Waals surface area contributed by atoms with E-state index in [1.165, 1.54) is 5.56 Å². The number of piperazine rings is 1. The summed E-state index contributed by atoms with van der Waals surface area (Å²) in [6.07, 6.45) is -3.72. The van der Waals surface area contributed by atoms with Crippen molar-refractivity contribution in [2.45, 2.75) is 46.0 Å². The van der Waals surface area contributed by atoms with E-state index in [4.69, 9.17) is 0 Å². The first-order chi connectivity index (χ1) is 14.2. The largest absolute Gasteiger partial charge is 0.411 e. The molecule has 0 unspecified atom stereocenters. The maximum atomic E-state index is 12.8. The molecule has 5 nitrogen and oxygen atoms in total. The van der Waals surface area contributed by atoms with Gasteiger partial charge in [0.15, 0.2) is 0 Å². The Balaban J connectivity index is 1.73. The molecule has 1 amide bonds. The fourth-order valence-corrected chi connectivity index (χ4v) is 3.58. The van der Waals surface area contributed by atoms with Crippen molar-refractivity contribution in [3.05, 3.63) is 35.4 Å². The Labute approximate surface area is 177 Å². The summed E-state index contributed by atoms with van der Waals surface area (Å²) < 4.78 is 40.8. The lowest BCUT2D eigenvalue weighted by Gasteiger charge is -2.34. The van der Waals surface area contributed by atoms with Gasteiger partial charge in [-0.25, -0.2) is 0 Å². The van der Waals surface area contributed by atoms with Gasteiger partial charge in [-0.15, -0.1) is 0 Å². The number of alkyl halides is 3. The van der Waals surface area contributed by atoms with Crippen LogP contribution in [-0.2, 0) is 11.3 Å². The van der Waals surface area contributed by atoms with Crippen molar-refractivity contribution >= 4 is 5.91 Å². The second kappa shape index (κ2) is 11.7. The molecule has 0 N–H and O–H groups in total. The van der Waals surface area contributed by atoms with Crippen molar-refractivity contribution in [2.24, 2.45) is 0 Å². The van der Waals surface area contributed by atoms with E-state index in [1.807, 2.05) is 29.2 Å². The zero-order valence-electron chi connectivity index (χ0n) is 18.2. The number of carbonyl (C=O) groups is 1. The molecule has 0 aromatic heterocycles. The maximum absolute atomic E-state index is 12.8. The molecule has 1 aliphatic heterocycles. The number of halogens is 3. The summed E-state index contributed by atoms with van der Waals surface area (Å²) in [4.78, 5) is 19.1. The predicted octanol–water partition coefficient (Wildman–Crippen LogP) is 3.64. The number of hydrogen-bond donors (Lipinski definition) is 0. The highest BCUT2D eigenvalue weighted by Gasteiger charge is 2.27. The monoisotopic (exact) mass is 429 g/mol. The van der Waals surface area contributed by atoms with Gasteiger partial charge in [0, 0.05) is 57.5 Å². The topological polar surface area (TPSA) is 36.0 Å². The SMILES string of the molecule is CCN(Cc1ccc(C(=O)N2CCN(CCCOCC(F)(F)F)CC2)cc1)C(C)C. The molecule has 1 aromatic carbocycles. The van der Waals surface area contributed by atoms with Crippen LogP contribution in [0.2, 0.25) is 0 Å². The van der Waals surface area contributed by atoms with Crippen LogP contribution >= 0.6 is 0 Å². The Kier molecular flexibility index (Phi) is 9.58. The fourth-order valence-electron chi connectivity index (χ4n) is 3.58. The Hall–Kier alpha value is -1.64. The molecule has 0 bridgehead atoms. The van der Waals surface area contributed by atoms with E-state index in [0.29, 0.717) is 37.7 Å². The average Bonchev–Trinajstić information content (AvgIpc) is 2.71. The molecule has 1 aliphatic rings. The third-order valence-electron chi connectivity index (χ3n) is 5.41. The maximum Gasteiger partial charge on any atom is 0.411 e. The molecule has 1 fully saturated rings. The van der Waals surface area contributed by atoms with Crippen LogP contribution in [0.5, 0.6) is 0 Å². The molecule has 170 valence electrons. The van der Waals surface area contributed by atoms with Crippen LogP contribution in [0, 0.1) is 0 Å². The quantitative estimate of drug-likeness (QED) is 0.532. The van der Waals surface area contributed by atoms with E-state index < -0.39 is 12.8 Å². The van der Waals surface area contributed by atoms with Gasteiger partial charge in [0.25, 0.3) is 5.91 Å².